The molecule has 0 fully saturated rings. The van der Waals surface area contributed by atoms with Gasteiger partial charge in [-0.3, -0.25) is 9.59 Å². The van der Waals surface area contributed by atoms with Crippen molar-refractivity contribution in [3.8, 4) is 5.69 Å². The van der Waals surface area contributed by atoms with Gasteiger partial charge in [0.15, 0.2) is 5.69 Å². The molecule has 2 aromatic rings. The number of carbonyl (C=O) groups excluding carboxylic acids is 2. The minimum Gasteiger partial charge on any atom is -0.350 e. The van der Waals surface area contributed by atoms with E-state index in [1.165, 1.54) is 4.90 Å². The molecule has 26 heavy (non-hydrogen) atoms. The summed E-state index contributed by atoms with van der Waals surface area (Å²) in [6.45, 7) is 5.77. The Morgan fingerprint density at radius 2 is 1.88 bits per heavy atom. The van der Waals surface area contributed by atoms with Gasteiger partial charge in [-0.05, 0) is 52.2 Å². The van der Waals surface area contributed by atoms with E-state index >= 15 is 0 Å². The number of hydrogen-bond acceptors (Lipinski definition) is 3. The Hall–Kier alpha value is -2.63. The molecule has 0 unspecified atom stereocenters. The molecular weight excluding hydrogens is 328 g/mol. The van der Waals surface area contributed by atoms with E-state index in [9.17, 15) is 9.59 Å². The average molecular weight is 354 g/mol. The first-order valence-corrected chi connectivity index (χ1v) is 8.99. The van der Waals surface area contributed by atoms with E-state index in [1.54, 1.807) is 7.05 Å². The molecule has 0 bridgehead atoms. The number of nitrogens with zero attached hydrogens (tertiary/aromatic N) is 3. The number of amides is 2. The van der Waals surface area contributed by atoms with Crippen LogP contribution in [0.5, 0.6) is 0 Å². The third kappa shape index (κ3) is 3.79. The first kappa shape index (κ1) is 18.2. The summed E-state index contributed by atoms with van der Waals surface area (Å²) in [4.78, 5) is 26.5. The van der Waals surface area contributed by atoms with Crippen LogP contribution in [0.1, 0.15) is 48.9 Å². The summed E-state index contributed by atoms with van der Waals surface area (Å²) < 4.78 is 1.87. The second kappa shape index (κ2) is 6.94. The first-order chi connectivity index (χ1) is 12.3. The van der Waals surface area contributed by atoms with Gasteiger partial charge in [0.1, 0.15) is 0 Å². The highest BCUT2D eigenvalue weighted by Crippen LogP contribution is 2.28. The summed E-state index contributed by atoms with van der Waals surface area (Å²) in [6, 6.07) is 9.85. The lowest BCUT2D eigenvalue weighted by atomic mass is 10.1. The molecule has 2 amide bonds. The number of carbonyl (C=O) groups is 2. The van der Waals surface area contributed by atoms with Gasteiger partial charge >= 0.3 is 0 Å². The lowest BCUT2D eigenvalue weighted by Crippen LogP contribution is -2.46. The molecule has 1 heterocycles. The monoisotopic (exact) mass is 354 g/mol. The van der Waals surface area contributed by atoms with Crippen molar-refractivity contribution in [1.82, 2.24) is 20.0 Å². The molecule has 6 heteroatoms. The van der Waals surface area contributed by atoms with Crippen molar-refractivity contribution in [2.45, 2.75) is 45.6 Å². The Balaban J connectivity index is 1.83. The van der Waals surface area contributed by atoms with Crippen LogP contribution in [0.15, 0.2) is 30.3 Å². The third-order valence-corrected chi connectivity index (χ3v) is 4.38. The number of benzene rings is 1. The number of fused-ring (bicyclic) bond motifs is 1. The SMILES string of the molecule is CN(CC(=O)NC(C)(C)C)C(=O)c1nn(-c2ccccc2)c2c1CCC2. The fraction of sp³-hybridized carbons (Fsp3) is 0.450. The molecule has 1 aliphatic rings. The van der Waals surface area contributed by atoms with Gasteiger partial charge in [0.05, 0.1) is 12.2 Å². The van der Waals surface area contributed by atoms with Gasteiger partial charge in [-0.1, -0.05) is 18.2 Å². The van der Waals surface area contributed by atoms with Crippen LogP contribution in [0.3, 0.4) is 0 Å². The van der Waals surface area contributed by atoms with Crippen LogP contribution >= 0.6 is 0 Å². The van der Waals surface area contributed by atoms with Gasteiger partial charge in [-0.2, -0.15) is 5.10 Å². The summed E-state index contributed by atoms with van der Waals surface area (Å²) in [5.74, 6) is -0.380. The zero-order valence-corrected chi connectivity index (χ0v) is 15.9. The highest BCUT2D eigenvalue weighted by atomic mass is 16.2. The lowest BCUT2D eigenvalue weighted by Gasteiger charge is -2.23. The van der Waals surface area contributed by atoms with Crippen LogP contribution in [-0.2, 0) is 17.6 Å². The summed E-state index contributed by atoms with van der Waals surface area (Å²) in [5.41, 5.74) is 3.22. The van der Waals surface area contributed by atoms with Crippen LogP contribution in [0.4, 0.5) is 0 Å². The van der Waals surface area contributed by atoms with Crippen LogP contribution < -0.4 is 5.32 Å². The molecule has 138 valence electrons. The van der Waals surface area contributed by atoms with Gasteiger partial charge in [0, 0.05) is 23.8 Å². The summed E-state index contributed by atoms with van der Waals surface area (Å²) in [6.07, 6.45) is 2.79. The number of para-hydroxylation sites is 1. The smallest absolute Gasteiger partial charge is 0.274 e. The van der Waals surface area contributed by atoms with E-state index in [2.05, 4.69) is 10.4 Å². The molecule has 0 atom stereocenters. The quantitative estimate of drug-likeness (QED) is 0.916. The van der Waals surface area contributed by atoms with Crippen LogP contribution in [0.2, 0.25) is 0 Å². The van der Waals surface area contributed by atoms with Gasteiger partial charge in [0.2, 0.25) is 5.91 Å². The zero-order chi connectivity index (χ0) is 18.9. The first-order valence-electron chi connectivity index (χ1n) is 8.99. The van der Waals surface area contributed by atoms with E-state index < -0.39 is 0 Å². The topological polar surface area (TPSA) is 67.2 Å². The van der Waals surface area contributed by atoms with Crippen LogP contribution in [0.25, 0.3) is 5.69 Å². The maximum absolute atomic E-state index is 12.9. The van der Waals surface area contributed by atoms with Crippen molar-refractivity contribution in [3.05, 3.63) is 47.3 Å². The third-order valence-electron chi connectivity index (χ3n) is 4.38. The summed E-state index contributed by atoms with van der Waals surface area (Å²) >= 11 is 0. The normalized spacial score (nSPS) is 13.4. The molecule has 3 rings (SSSR count). The molecule has 1 aromatic heterocycles. The Bertz CT molecular complexity index is 818. The minimum absolute atomic E-state index is 0.0169. The van der Waals surface area contributed by atoms with Crippen molar-refractivity contribution in [2.75, 3.05) is 13.6 Å². The molecule has 0 saturated heterocycles. The number of hydrogen-bond donors (Lipinski definition) is 1. The number of likely N-dealkylation sites (N-methyl/N-ethyl adjacent to an activating group) is 1. The average Bonchev–Trinajstić information content (AvgIpc) is 3.15. The van der Waals surface area contributed by atoms with Crippen molar-refractivity contribution in [2.24, 2.45) is 0 Å². The largest absolute Gasteiger partial charge is 0.350 e. The van der Waals surface area contributed by atoms with E-state index in [0.717, 1.165) is 36.2 Å². The molecule has 0 radical (unpaired) electrons. The van der Waals surface area contributed by atoms with E-state index in [1.807, 2.05) is 55.8 Å². The molecule has 0 aliphatic heterocycles. The fourth-order valence-corrected chi connectivity index (χ4v) is 3.32. The van der Waals surface area contributed by atoms with E-state index in [4.69, 9.17) is 0 Å². The molecule has 1 aromatic carbocycles. The lowest BCUT2D eigenvalue weighted by molar-refractivity contribution is -0.122. The predicted molar refractivity (Wildman–Crippen MR) is 100 cm³/mol. The Morgan fingerprint density at radius 1 is 1.19 bits per heavy atom. The standard InChI is InChI=1S/C20H26N4O2/c1-20(2,3)21-17(25)13-23(4)19(26)18-15-11-8-12-16(15)24(22-18)14-9-6-5-7-10-14/h5-7,9-10H,8,11-13H2,1-4H3,(H,21,25). The zero-order valence-electron chi connectivity index (χ0n) is 15.9. The maximum Gasteiger partial charge on any atom is 0.274 e. The summed E-state index contributed by atoms with van der Waals surface area (Å²) in [7, 11) is 1.65. The Kier molecular flexibility index (Phi) is 4.85. The van der Waals surface area contributed by atoms with Crippen LogP contribution in [0, 0.1) is 0 Å². The van der Waals surface area contributed by atoms with Gasteiger partial charge in [0.25, 0.3) is 5.91 Å². The molecular formula is C20H26N4O2. The van der Waals surface area contributed by atoms with Crippen LogP contribution in [-0.4, -0.2) is 45.6 Å². The van der Waals surface area contributed by atoms with Crippen molar-refractivity contribution in [3.63, 3.8) is 0 Å². The van der Waals surface area contributed by atoms with Crippen molar-refractivity contribution < 1.29 is 9.59 Å². The van der Waals surface area contributed by atoms with Gasteiger partial charge in [-0.25, -0.2) is 4.68 Å². The predicted octanol–water partition coefficient (Wildman–Crippen LogP) is 2.35. The van der Waals surface area contributed by atoms with Gasteiger partial charge in [-0.15, -0.1) is 0 Å². The number of nitrogens with one attached hydrogen (secondary N) is 1. The molecule has 0 saturated carbocycles. The summed E-state index contributed by atoms with van der Waals surface area (Å²) in [5, 5.41) is 7.48. The molecule has 6 nitrogen and oxygen atoms in total. The Labute approximate surface area is 154 Å². The van der Waals surface area contributed by atoms with Crippen molar-refractivity contribution in [1.29, 1.82) is 0 Å². The highest BCUT2D eigenvalue weighted by Gasteiger charge is 2.29. The number of rotatable bonds is 4. The number of aromatic nitrogens is 2. The maximum atomic E-state index is 12.9. The minimum atomic E-state index is -0.322. The second-order valence-corrected chi connectivity index (χ2v) is 7.83. The van der Waals surface area contributed by atoms with E-state index in [0.29, 0.717) is 5.69 Å². The van der Waals surface area contributed by atoms with Gasteiger partial charge < -0.3 is 10.2 Å². The van der Waals surface area contributed by atoms with E-state index in [-0.39, 0.29) is 23.9 Å². The molecule has 1 aliphatic carbocycles. The van der Waals surface area contributed by atoms with Crippen molar-refractivity contribution >= 4 is 11.8 Å². The fourth-order valence-electron chi connectivity index (χ4n) is 3.32. The molecule has 0 spiro atoms. The Morgan fingerprint density at radius 3 is 2.54 bits per heavy atom. The molecule has 1 N–H and O–H groups in total. The second-order valence-electron chi connectivity index (χ2n) is 7.83. The highest BCUT2D eigenvalue weighted by molar-refractivity contribution is 5.96.